The number of aromatic nitrogens is 1. The van der Waals surface area contributed by atoms with Crippen molar-refractivity contribution >= 4 is 34.2 Å². The van der Waals surface area contributed by atoms with E-state index in [1.807, 2.05) is 42.5 Å². The first-order valence-electron chi connectivity index (χ1n) is 17.2. The molecule has 0 spiro atoms. The van der Waals surface area contributed by atoms with Gasteiger partial charge in [-0.25, -0.2) is 9.37 Å². The van der Waals surface area contributed by atoms with Crippen molar-refractivity contribution in [3.8, 4) is 11.6 Å². The van der Waals surface area contributed by atoms with E-state index in [1.54, 1.807) is 42.6 Å². The second kappa shape index (κ2) is 15.8. The molecule has 10 nitrogen and oxygen atoms in total. The molecule has 1 unspecified atom stereocenters. The molecule has 50 heavy (non-hydrogen) atoms. The number of para-hydroxylation sites is 1. The molecule has 6 rings (SSSR count). The van der Waals surface area contributed by atoms with E-state index in [0.29, 0.717) is 23.7 Å². The van der Waals surface area contributed by atoms with Gasteiger partial charge in [0.2, 0.25) is 17.7 Å². The van der Waals surface area contributed by atoms with Crippen LogP contribution in [0.3, 0.4) is 0 Å². The fourth-order valence-electron chi connectivity index (χ4n) is 6.37. The van der Waals surface area contributed by atoms with Gasteiger partial charge in [-0.2, -0.15) is 5.48 Å². The minimum atomic E-state index is -1.25. The highest BCUT2D eigenvalue weighted by Crippen LogP contribution is 2.45. The third-order valence-corrected chi connectivity index (χ3v) is 9.18. The van der Waals surface area contributed by atoms with E-state index in [9.17, 15) is 18.8 Å². The van der Waals surface area contributed by atoms with E-state index in [1.165, 1.54) is 17.0 Å². The third kappa shape index (κ3) is 8.22. The molecule has 0 radical (unpaired) electrons. The van der Waals surface area contributed by atoms with Crippen LogP contribution < -0.4 is 25.7 Å². The number of nitrogens with zero attached hydrogens (tertiary/aromatic N) is 2. The molecule has 0 bridgehead atoms. The van der Waals surface area contributed by atoms with Gasteiger partial charge in [-0.3, -0.25) is 14.4 Å². The van der Waals surface area contributed by atoms with Gasteiger partial charge < -0.3 is 25.1 Å². The summed E-state index contributed by atoms with van der Waals surface area (Å²) in [5, 5.41) is 7.73. The number of hydrogen-bond donors (Lipinski definition) is 3. The Labute approximate surface area is 291 Å². The van der Waals surface area contributed by atoms with Crippen LogP contribution >= 0.6 is 0 Å². The minimum Gasteiger partial charge on any atom is -0.472 e. The molecule has 1 aliphatic heterocycles. The van der Waals surface area contributed by atoms with Gasteiger partial charge in [0.05, 0.1) is 13.1 Å². The predicted molar refractivity (Wildman–Crippen MR) is 189 cm³/mol. The number of ether oxygens (including phenoxy) is 1. The maximum Gasteiger partial charge on any atom is 0.278 e. The molecular formula is C39H42FN5O5. The van der Waals surface area contributed by atoms with E-state index in [-0.39, 0.29) is 31.3 Å². The molecule has 1 aliphatic carbocycles. The quantitative estimate of drug-likeness (QED) is 0.0806. The lowest BCUT2D eigenvalue weighted by Crippen LogP contribution is -2.56. The highest BCUT2D eigenvalue weighted by Gasteiger charge is 2.61. The number of allylic oxidation sites excluding steroid dienone is 1. The Morgan fingerprint density at radius 1 is 1.02 bits per heavy atom. The van der Waals surface area contributed by atoms with Crippen molar-refractivity contribution in [3.63, 3.8) is 0 Å². The Hall–Kier alpha value is -5.45. The van der Waals surface area contributed by atoms with Gasteiger partial charge >= 0.3 is 0 Å². The van der Waals surface area contributed by atoms with Gasteiger partial charge in [-0.1, -0.05) is 74.4 Å². The number of halogens is 1. The predicted octanol–water partition coefficient (Wildman–Crippen LogP) is 5.96. The first-order valence-corrected chi connectivity index (χ1v) is 17.2. The first kappa shape index (κ1) is 34.4. The minimum absolute atomic E-state index is 0.115. The van der Waals surface area contributed by atoms with Gasteiger partial charge in [-0.05, 0) is 67.1 Å². The van der Waals surface area contributed by atoms with Crippen LogP contribution in [-0.4, -0.2) is 58.4 Å². The maximum atomic E-state index is 14.2. The Kier molecular flexibility index (Phi) is 10.9. The zero-order valence-corrected chi connectivity index (χ0v) is 28.0. The highest BCUT2D eigenvalue weighted by atomic mass is 19.1. The summed E-state index contributed by atoms with van der Waals surface area (Å²) in [5.41, 5.74) is 1.72. The number of amides is 3. The molecule has 1 aromatic heterocycles. The molecule has 2 aliphatic rings. The van der Waals surface area contributed by atoms with Crippen LogP contribution in [0.1, 0.15) is 45.4 Å². The number of hydrogen-bond acceptors (Lipinski definition) is 7. The van der Waals surface area contributed by atoms with Gasteiger partial charge in [-0.15, -0.1) is 0 Å². The number of carbonyl (C=O) groups excluding carboxylic acids is 3. The van der Waals surface area contributed by atoms with Crippen LogP contribution in [0.2, 0.25) is 0 Å². The molecular weight excluding hydrogens is 637 g/mol. The van der Waals surface area contributed by atoms with Gasteiger partial charge in [0.25, 0.3) is 5.91 Å². The number of nitrogens with one attached hydrogen (secondary N) is 3. The van der Waals surface area contributed by atoms with Crippen LogP contribution in [0.25, 0.3) is 10.8 Å². The molecule has 260 valence electrons. The van der Waals surface area contributed by atoms with Crippen LogP contribution in [0, 0.1) is 11.7 Å². The summed E-state index contributed by atoms with van der Waals surface area (Å²) < 4.78 is 20.2. The number of fused-ring (bicyclic) bond motifs is 1. The van der Waals surface area contributed by atoms with Crippen molar-refractivity contribution in [2.45, 2.75) is 63.1 Å². The molecule has 1 saturated carbocycles. The molecule has 2 heterocycles. The SMILES string of the molecule is CCCCC/C=C\[C@@H]1C[C@]1(NC(=O)[C@@H]1CC(Oc2nccc3ccccc23)CN1C(=O)CNc1cccc(F)c1)C(=O)NOc1ccccc1. The Morgan fingerprint density at radius 2 is 1.84 bits per heavy atom. The third-order valence-electron chi connectivity index (χ3n) is 9.18. The summed E-state index contributed by atoms with van der Waals surface area (Å²) in [4.78, 5) is 53.1. The zero-order chi connectivity index (χ0) is 34.9. The average Bonchev–Trinajstić information content (AvgIpc) is 3.66. The normalized spacial score (nSPS) is 21.2. The van der Waals surface area contributed by atoms with Crippen molar-refractivity contribution < 1.29 is 28.3 Å². The lowest BCUT2D eigenvalue weighted by Gasteiger charge is -2.26. The monoisotopic (exact) mass is 679 g/mol. The number of benzene rings is 3. The highest BCUT2D eigenvalue weighted by molar-refractivity contribution is 5.97. The molecule has 4 aromatic rings. The first-order chi connectivity index (χ1) is 24.4. The molecule has 3 N–H and O–H groups in total. The summed E-state index contributed by atoms with van der Waals surface area (Å²) in [5.74, 6) is -1.15. The summed E-state index contributed by atoms with van der Waals surface area (Å²) in [6.45, 7) is 2.08. The van der Waals surface area contributed by atoms with Crippen LogP contribution in [0.5, 0.6) is 11.6 Å². The Morgan fingerprint density at radius 3 is 2.66 bits per heavy atom. The lowest BCUT2D eigenvalue weighted by molar-refractivity contribution is -0.140. The Balaban J connectivity index is 1.21. The van der Waals surface area contributed by atoms with Crippen molar-refractivity contribution in [2.75, 3.05) is 18.4 Å². The summed E-state index contributed by atoms with van der Waals surface area (Å²) in [7, 11) is 0. The second-order valence-corrected chi connectivity index (χ2v) is 12.8. The number of hydroxylamine groups is 1. The van der Waals surface area contributed by atoms with Crippen LogP contribution in [0.15, 0.2) is 103 Å². The fraction of sp³-hybridized carbons (Fsp3) is 0.333. The number of likely N-dealkylation sites (tertiary alicyclic amines) is 1. The Bertz CT molecular complexity index is 1830. The van der Waals surface area contributed by atoms with Gasteiger partial charge in [0.1, 0.15) is 23.5 Å². The molecule has 11 heteroatoms. The molecule has 1 saturated heterocycles. The van der Waals surface area contributed by atoms with Gasteiger partial charge in [0, 0.05) is 29.6 Å². The maximum absolute atomic E-state index is 14.2. The molecule has 2 fully saturated rings. The van der Waals surface area contributed by atoms with Crippen molar-refractivity contribution in [2.24, 2.45) is 5.92 Å². The van der Waals surface area contributed by atoms with E-state index in [0.717, 1.165) is 36.5 Å². The topological polar surface area (TPSA) is 122 Å². The summed E-state index contributed by atoms with van der Waals surface area (Å²) in [6.07, 6.45) is 9.84. The van der Waals surface area contributed by atoms with Crippen LogP contribution in [-0.2, 0) is 14.4 Å². The standard InChI is InChI=1S/C39H42FN5O5/c1-2-3-4-5-7-14-28-24-39(28,38(48)44-50-31-17-8-6-9-18-31)43-36(47)34-23-32(49-37-33-19-11-10-13-27(33)20-21-41-37)26-45(34)35(46)25-42-30-16-12-15-29(40)22-30/h6-22,28,32,34,42H,2-5,23-26H2,1H3,(H,43,47)(H,44,48)/b14-7-/t28-,32?,34+,39-/m1/s1. The summed E-state index contributed by atoms with van der Waals surface area (Å²) in [6, 6.07) is 23.3. The molecule has 3 aromatic carbocycles. The van der Waals surface area contributed by atoms with E-state index >= 15 is 0 Å². The zero-order valence-electron chi connectivity index (χ0n) is 28.0. The smallest absolute Gasteiger partial charge is 0.278 e. The second-order valence-electron chi connectivity index (χ2n) is 12.8. The number of pyridine rings is 1. The largest absolute Gasteiger partial charge is 0.472 e. The van der Waals surface area contributed by atoms with E-state index in [2.05, 4.69) is 34.1 Å². The van der Waals surface area contributed by atoms with E-state index < -0.39 is 35.3 Å². The fourth-order valence-corrected chi connectivity index (χ4v) is 6.37. The lowest BCUT2D eigenvalue weighted by atomic mass is 10.1. The number of unbranched alkanes of at least 4 members (excludes halogenated alkanes) is 3. The summed E-state index contributed by atoms with van der Waals surface area (Å²) >= 11 is 0. The van der Waals surface area contributed by atoms with Crippen molar-refractivity contribution in [3.05, 3.63) is 109 Å². The number of rotatable bonds is 15. The molecule has 4 atom stereocenters. The van der Waals surface area contributed by atoms with Crippen LogP contribution in [0.4, 0.5) is 10.1 Å². The molecule has 3 amide bonds. The number of carbonyl (C=O) groups is 3. The average molecular weight is 680 g/mol. The van der Waals surface area contributed by atoms with Crippen molar-refractivity contribution in [1.82, 2.24) is 20.7 Å². The van der Waals surface area contributed by atoms with E-state index in [4.69, 9.17) is 9.57 Å². The van der Waals surface area contributed by atoms with Gasteiger partial charge in [0.15, 0.2) is 5.75 Å². The number of anilines is 1. The van der Waals surface area contributed by atoms with Crippen molar-refractivity contribution in [1.29, 1.82) is 0 Å².